The zero-order chi connectivity index (χ0) is 14.8. The van der Waals surface area contributed by atoms with Gasteiger partial charge in [0.2, 0.25) is 10.0 Å². The number of sulfonamides is 1. The molecule has 2 N–H and O–H groups in total. The Hall–Kier alpha value is -1.28. The van der Waals surface area contributed by atoms with Crippen LogP contribution in [0.3, 0.4) is 0 Å². The molecule has 0 aliphatic carbocycles. The van der Waals surface area contributed by atoms with Crippen molar-refractivity contribution >= 4 is 21.4 Å². The second-order valence-corrected chi connectivity index (χ2v) is 7.28. The molecule has 0 aliphatic heterocycles. The molecular weight excluding hydrogens is 301 g/mol. The fraction of sp³-hybridized carbons (Fsp3) is 0.231. The second kappa shape index (κ2) is 6.01. The van der Waals surface area contributed by atoms with Crippen molar-refractivity contribution in [1.29, 1.82) is 0 Å². The average Bonchev–Trinajstić information content (AvgIpc) is 2.80. The standard InChI is InChI=1S/C13H14FNO3S2/c1-9-13(6-11(8-16)19-9)20(17,18)15-7-10-4-2-3-5-12(10)14/h2-6,15-16H,7-8H2,1H3. The van der Waals surface area contributed by atoms with Gasteiger partial charge in [0.25, 0.3) is 0 Å². The first-order valence-corrected chi connectivity index (χ1v) is 8.17. The van der Waals surface area contributed by atoms with E-state index in [0.29, 0.717) is 9.75 Å². The van der Waals surface area contributed by atoms with Gasteiger partial charge in [0, 0.05) is 21.9 Å². The molecule has 0 bridgehead atoms. The highest BCUT2D eigenvalue weighted by molar-refractivity contribution is 7.89. The van der Waals surface area contributed by atoms with Crippen LogP contribution in [-0.4, -0.2) is 13.5 Å². The van der Waals surface area contributed by atoms with Crippen molar-refractivity contribution in [2.24, 2.45) is 0 Å². The Bertz CT molecular complexity index is 710. The van der Waals surface area contributed by atoms with Crippen molar-refractivity contribution in [3.8, 4) is 0 Å². The molecular formula is C13H14FNO3S2. The maximum absolute atomic E-state index is 13.4. The van der Waals surface area contributed by atoms with E-state index in [9.17, 15) is 12.8 Å². The minimum absolute atomic E-state index is 0.112. The zero-order valence-electron chi connectivity index (χ0n) is 10.8. The molecule has 1 aromatic heterocycles. The summed E-state index contributed by atoms with van der Waals surface area (Å²) in [7, 11) is -3.71. The summed E-state index contributed by atoms with van der Waals surface area (Å²) in [5.41, 5.74) is 0.284. The van der Waals surface area contributed by atoms with Crippen molar-refractivity contribution in [1.82, 2.24) is 4.72 Å². The van der Waals surface area contributed by atoms with Gasteiger partial charge >= 0.3 is 0 Å². The predicted molar refractivity (Wildman–Crippen MR) is 75.4 cm³/mol. The Kier molecular flexibility index (Phi) is 4.54. The van der Waals surface area contributed by atoms with Gasteiger partial charge in [-0.2, -0.15) is 0 Å². The van der Waals surface area contributed by atoms with Crippen molar-refractivity contribution in [2.45, 2.75) is 25.0 Å². The van der Waals surface area contributed by atoms with Gasteiger partial charge in [0.1, 0.15) is 5.82 Å². The molecule has 0 radical (unpaired) electrons. The van der Waals surface area contributed by atoms with Gasteiger partial charge in [-0.1, -0.05) is 18.2 Å². The first kappa shape index (κ1) is 15.1. The van der Waals surface area contributed by atoms with Crippen molar-refractivity contribution in [2.75, 3.05) is 0 Å². The number of aryl methyl sites for hydroxylation is 1. The van der Waals surface area contributed by atoms with Crippen LogP contribution in [0.25, 0.3) is 0 Å². The molecule has 0 spiro atoms. The molecule has 0 aliphatic rings. The summed E-state index contributed by atoms with van der Waals surface area (Å²) in [6, 6.07) is 7.43. The molecule has 108 valence electrons. The SMILES string of the molecule is Cc1sc(CO)cc1S(=O)(=O)NCc1ccccc1F. The van der Waals surface area contributed by atoms with Crippen LogP contribution in [0.4, 0.5) is 4.39 Å². The maximum Gasteiger partial charge on any atom is 0.241 e. The summed E-state index contributed by atoms with van der Waals surface area (Å²) in [6.07, 6.45) is 0. The molecule has 4 nitrogen and oxygen atoms in total. The van der Waals surface area contributed by atoms with E-state index < -0.39 is 15.8 Å². The molecule has 1 aromatic carbocycles. The van der Waals surface area contributed by atoms with Crippen molar-refractivity contribution in [3.63, 3.8) is 0 Å². The first-order valence-electron chi connectivity index (χ1n) is 5.87. The van der Waals surface area contributed by atoms with Gasteiger partial charge in [-0.3, -0.25) is 0 Å². The van der Waals surface area contributed by atoms with E-state index in [1.165, 1.54) is 29.5 Å². The number of benzene rings is 1. The van der Waals surface area contributed by atoms with Crippen LogP contribution in [0.2, 0.25) is 0 Å². The first-order chi connectivity index (χ1) is 9.44. The number of rotatable bonds is 5. The number of hydrogen-bond donors (Lipinski definition) is 2. The lowest BCUT2D eigenvalue weighted by molar-refractivity contribution is 0.285. The second-order valence-electron chi connectivity index (χ2n) is 4.21. The molecule has 1 heterocycles. The van der Waals surface area contributed by atoms with Gasteiger partial charge in [-0.05, 0) is 19.1 Å². The summed E-state index contributed by atoms with van der Waals surface area (Å²) in [5, 5.41) is 9.03. The van der Waals surface area contributed by atoms with Gasteiger partial charge in [0.05, 0.1) is 11.5 Å². The van der Waals surface area contributed by atoms with Crippen LogP contribution >= 0.6 is 11.3 Å². The number of thiophene rings is 1. The summed E-state index contributed by atoms with van der Waals surface area (Å²) >= 11 is 1.22. The molecule has 0 unspecified atom stereocenters. The van der Waals surface area contributed by atoms with Crippen LogP contribution < -0.4 is 4.72 Å². The number of nitrogens with one attached hydrogen (secondary N) is 1. The lowest BCUT2D eigenvalue weighted by Crippen LogP contribution is -2.23. The van der Waals surface area contributed by atoms with E-state index in [-0.39, 0.29) is 23.6 Å². The minimum Gasteiger partial charge on any atom is -0.391 e. The van der Waals surface area contributed by atoms with E-state index in [1.807, 2.05) is 0 Å². The number of aliphatic hydroxyl groups is 1. The summed E-state index contributed by atoms with van der Waals surface area (Å²) in [6.45, 7) is 1.36. The zero-order valence-corrected chi connectivity index (χ0v) is 12.4. The average molecular weight is 315 g/mol. The van der Waals surface area contributed by atoms with E-state index >= 15 is 0 Å². The molecule has 0 fully saturated rings. The molecule has 0 saturated carbocycles. The molecule has 20 heavy (non-hydrogen) atoms. The number of hydrogen-bond acceptors (Lipinski definition) is 4. The number of halogens is 1. The molecule has 0 saturated heterocycles. The van der Waals surface area contributed by atoms with E-state index in [1.54, 1.807) is 19.1 Å². The fourth-order valence-corrected chi connectivity index (χ4v) is 4.26. The van der Waals surface area contributed by atoms with Crippen molar-refractivity contribution in [3.05, 3.63) is 51.5 Å². The van der Waals surface area contributed by atoms with Crippen molar-refractivity contribution < 1.29 is 17.9 Å². The summed E-state index contributed by atoms with van der Waals surface area (Å²) in [5.74, 6) is -0.451. The van der Waals surface area contributed by atoms with Gasteiger partial charge in [-0.25, -0.2) is 17.5 Å². The van der Waals surface area contributed by atoms with Gasteiger partial charge < -0.3 is 5.11 Å². The lowest BCUT2D eigenvalue weighted by Gasteiger charge is -2.07. The smallest absolute Gasteiger partial charge is 0.241 e. The highest BCUT2D eigenvalue weighted by Gasteiger charge is 2.19. The van der Waals surface area contributed by atoms with E-state index in [4.69, 9.17) is 5.11 Å². The Morgan fingerprint density at radius 2 is 2.05 bits per heavy atom. The summed E-state index contributed by atoms with van der Waals surface area (Å²) < 4.78 is 40.1. The van der Waals surface area contributed by atoms with Crippen LogP contribution in [0, 0.1) is 12.7 Å². The molecule has 0 amide bonds. The van der Waals surface area contributed by atoms with Crippen LogP contribution in [-0.2, 0) is 23.2 Å². The van der Waals surface area contributed by atoms with Crippen LogP contribution in [0.5, 0.6) is 0 Å². The maximum atomic E-state index is 13.4. The highest BCUT2D eigenvalue weighted by atomic mass is 32.2. The Morgan fingerprint density at radius 3 is 2.65 bits per heavy atom. The van der Waals surface area contributed by atoms with E-state index in [0.717, 1.165) is 0 Å². The Morgan fingerprint density at radius 1 is 1.35 bits per heavy atom. The predicted octanol–water partition coefficient (Wildman–Crippen LogP) is 2.17. The monoisotopic (exact) mass is 315 g/mol. The molecule has 2 aromatic rings. The largest absolute Gasteiger partial charge is 0.391 e. The topological polar surface area (TPSA) is 66.4 Å². The van der Waals surface area contributed by atoms with E-state index in [2.05, 4.69) is 4.72 Å². The molecule has 7 heteroatoms. The molecule has 2 rings (SSSR count). The normalized spacial score (nSPS) is 11.8. The highest BCUT2D eigenvalue weighted by Crippen LogP contribution is 2.25. The fourth-order valence-electron chi connectivity index (χ4n) is 1.76. The number of aliphatic hydroxyl groups excluding tert-OH is 1. The Balaban J connectivity index is 2.19. The third kappa shape index (κ3) is 3.24. The third-order valence-corrected chi connectivity index (χ3v) is 5.47. The van der Waals surface area contributed by atoms with Gasteiger partial charge in [0.15, 0.2) is 0 Å². The molecule has 0 atom stereocenters. The third-order valence-electron chi connectivity index (χ3n) is 2.78. The minimum atomic E-state index is -3.71. The quantitative estimate of drug-likeness (QED) is 0.888. The Labute approximate surface area is 120 Å². The summed E-state index contributed by atoms with van der Waals surface area (Å²) in [4.78, 5) is 1.30. The van der Waals surface area contributed by atoms with Crippen LogP contribution in [0.1, 0.15) is 15.3 Å². The lowest BCUT2D eigenvalue weighted by atomic mass is 10.2. The van der Waals surface area contributed by atoms with Crippen LogP contribution in [0.15, 0.2) is 35.2 Å². The van der Waals surface area contributed by atoms with Gasteiger partial charge in [-0.15, -0.1) is 11.3 Å².